The van der Waals surface area contributed by atoms with Crippen molar-refractivity contribution in [3.05, 3.63) is 71.3 Å². The van der Waals surface area contributed by atoms with E-state index >= 15 is 0 Å². The quantitative estimate of drug-likeness (QED) is 0.772. The second-order valence-corrected chi connectivity index (χ2v) is 7.68. The van der Waals surface area contributed by atoms with E-state index in [1.165, 1.54) is 16.7 Å². The molecule has 2 aromatic rings. The van der Waals surface area contributed by atoms with Crippen LogP contribution in [0, 0.1) is 0 Å². The SMILES string of the molecule is CC(=O)C1(c2cccc(C(C)C)c2)CCN(Cc2ccccc2)CC1. The Kier molecular flexibility index (Phi) is 5.39. The number of hydrogen-bond acceptors (Lipinski definition) is 2. The van der Waals surface area contributed by atoms with E-state index in [0.717, 1.165) is 32.5 Å². The van der Waals surface area contributed by atoms with Gasteiger partial charge in [0.05, 0.1) is 5.41 Å². The highest BCUT2D eigenvalue weighted by molar-refractivity contribution is 5.88. The highest BCUT2D eigenvalue weighted by Gasteiger charge is 2.40. The smallest absolute Gasteiger partial charge is 0.140 e. The number of likely N-dealkylation sites (tertiary alicyclic amines) is 1. The molecule has 0 unspecified atom stereocenters. The van der Waals surface area contributed by atoms with Crippen molar-refractivity contribution in [3.63, 3.8) is 0 Å². The highest BCUT2D eigenvalue weighted by atomic mass is 16.1. The van der Waals surface area contributed by atoms with Gasteiger partial charge in [0, 0.05) is 6.54 Å². The standard InChI is InChI=1S/C23H29NO/c1-18(2)21-10-7-11-22(16-21)23(19(3)25)12-14-24(15-13-23)17-20-8-5-4-6-9-20/h4-11,16,18H,12-15,17H2,1-3H3. The number of hydrogen-bond donors (Lipinski definition) is 0. The fourth-order valence-corrected chi connectivity index (χ4v) is 3.97. The Morgan fingerprint density at radius 1 is 1.04 bits per heavy atom. The Bertz CT molecular complexity index is 712. The van der Waals surface area contributed by atoms with Crippen molar-refractivity contribution >= 4 is 5.78 Å². The summed E-state index contributed by atoms with van der Waals surface area (Å²) in [6.45, 7) is 9.11. The minimum atomic E-state index is -0.307. The van der Waals surface area contributed by atoms with Crippen molar-refractivity contribution < 1.29 is 4.79 Å². The molecule has 2 heteroatoms. The zero-order chi connectivity index (χ0) is 17.9. The zero-order valence-corrected chi connectivity index (χ0v) is 15.7. The van der Waals surface area contributed by atoms with Crippen LogP contribution in [0.3, 0.4) is 0 Å². The first kappa shape index (κ1) is 17.9. The largest absolute Gasteiger partial charge is 0.299 e. The molecule has 1 aliphatic rings. The van der Waals surface area contributed by atoms with Gasteiger partial charge in [-0.15, -0.1) is 0 Å². The van der Waals surface area contributed by atoms with Crippen LogP contribution in [-0.4, -0.2) is 23.8 Å². The van der Waals surface area contributed by atoms with Gasteiger partial charge in [-0.2, -0.15) is 0 Å². The zero-order valence-electron chi connectivity index (χ0n) is 15.7. The highest BCUT2D eigenvalue weighted by Crippen LogP contribution is 2.38. The molecule has 0 radical (unpaired) electrons. The van der Waals surface area contributed by atoms with Crippen LogP contribution in [0.1, 0.15) is 56.2 Å². The number of rotatable bonds is 5. The van der Waals surface area contributed by atoms with Crippen LogP contribution in [0.2, 0.25) is 0 Å². The maximum atomic E-state index is 12.6. The van der Waals surface area contributed by atoms with Gasteiger partial charge in [-0.25, -0.2) is 0 Å². The normalized spacial score (nSPS) is 17.6. The van der Waals surface area contributed by atoms with E-state index in [4.69, 9.17) is 0 Å². The van der Waals surface area contributed by atoms with Gasteiger partial charge in [-0.3, -0.25) is 9.69 Å². The summed E-state index contributed by atoms with van der Waals surface area (Å²) in [6, 6.07) is 19.3. The molecule has 3 rings (SSSR count). The summed E-state index contributed by atoms with van der Waals surface area (Å²) in [5.74, 6) is 0.801. The summed E-state index contributed by atoms with van der Waals surface area (Å²) in [5.41, 5.74) is 3.58. The molecule has 0 amide bonds. The molecule has 2 aromatic carbocycles. The lowest BCUT2D eigenvalue weighted by Gasteiger charge is -2.41. The fraction of sp³-hybridized carbons (Fsp3) is 0.435. The average Bonchev–Trinajstić information content (AvgIpc) is 2.63. The van der Waals surface area contributed by atoms with Gasteiger partial charge in [0.25, 0.3) is 0 Å². The minimum absolute atomic E-state index is 0.307. The van der Waals surface area contributed by atoms with Gasteiger partial charge < -0.3 is 0 Å². The van der Waals surface area contributed by atoms with Gasteiger partial charge in [0.1, 0.15) is 5.78 Å². The van der Waals surface area contributed by atoms with E-state index in [9.17, 15) is 4.79 Å². The van der Waals surface area contributed by atoms with E-state index in [-0.39, 0.29) is 5.41 Å². The third-order valence-corrected chi connectivity index (χ3v) is 5.74. The second kappa shape index (κ2) is 7.53. The van der Waals surface area contributed by atoms with Crippen LogP contribution in [0.25, 0.3) is 0 Å². The van der Waals surface area contributed by atoms with Gasteiger partial charge in [-0.1, -0.05) is 68.4 Å². The summed E-state index contributed by atoms with van der Waals surface area (Å²) in [4.78, 5) is 15.1. The van der Waals surface area contributed by atoms with Gasteiger partial charge in [0.15, 0.2) is 0 Å². The maximum Gasteiger partial charge on any atom is 0.140 e. The predicted molar refractivity (Wildman–Crippen MR) is 104 cm³/mol. The van der Waals surface area contributed by atoms with Gasteiger partial charge in [0.2, 0.25) is 0 Å². The summed E-state index contributed by atoms with van der Waals surface area (Å²) < 4.78 is 0. The Labute approximate surface area is 151 Å². The van der Waals surface area contributed by atoms with Gasteiger partial charge in [-0.05, 0) is 55.5 Å². The molecule has 0 spiro atoms. The molecule has 1 saturated heterocycles. The third kappa shape index (κ3) is 3.85. The molecule has 1 fully saturated rings. The summed E-state index contributed by atoms with van der Waals surface area (Å²) in [5, 5.41) is 0. The number of piperidine rings is 1. The summed E-state index contributed by atoms with van der Waals surface area (Å²) in [7, 11) is 0. The van der Waals surface area contributed by atoms with Crippen LogP contribution >= 0.6 is 0 Å². The van der Waals surface area contributed by atoms with E-state index in [1.807, 2.05) is 0 Å². The number of nitrogens with zero attached hydrogens (tertiary/aromatic N) is 1. The topological polar surface area (TPSA) is 20.3 Å². The molecule has 1 heterocycles. The van der Waals surface area contributed by atoms with Crippen molar-refractivity contribution in [2.24, 2.45) is 0 Å². The first-order valence-electron chi connectivity index (χ1n) is 9.39. The summed E-state index contributed by atoms with van der Waals surface area (Å²) >= 11 is 0. The van der Waals surface area contributed by atoms with E-state index in [0.29, 0.717) is 11.7 Å². The first-order chi connectivity index (χ1) is 12.0. The van der Waals surface area contributed by atoms with Crippen LogP contribution < -0.4 is 0 Å². The molecule has 0 aromatic heterocycles. The summed E-state index contributed by atoms with van der Waals surface area (Å²) in [6.07, 6.45) is 1.83. The third-order valence-electron chi connectivity index (χ3n) is 5.74. The number of benzene rings is 2. The van der Waals surface area contributed by atoms with Crippen molar-refractivity contribution in [1.29, 1.82) is 0 Å². The monoisotopic (exact) mass is 335 g/mol. The molecule has 0 N–H and O–H groups in total. The average molecular weight is 335 g/mol. The molecule has 0 saturated carbocycles. The Hall–Kier alpha value is -1.93. The molecule has 1 aliphatic heterocycles. The molecule has 0 bridgehead atoms. The number of Topliss-reactive ketones (excluding diaryl/α,β-unsaturated/α-hetero) is 1. The number of ketones is 1. The molecule has 25 heavy (non-hydrogen) atoms. The van der Waals surface area contributed by atoms with Crippen molar-refractivity contribution in [2.45, 2.75) is 51.5 Å². The first-order valence-corrected chi connectivity index (χ1v) is 9.39. The fourth-order valence-electron chi connectivity index (χ4n) is 3.97. The molecule has 132 valence electrons. The van der Waals surface area contributed by atoms with Crippen molar-refractivity contribution in [3.8, 4) is 0 Å². The molecule has 2 nitrogen and oxygen atoms in total. The van der Waals surface area contributed by atoms with Crippen molar-refractivity contribution in [2.75, 3.05) is 13.1 Å². The van der Waals surface area contributed by atoms with Gasteiger partial charge >= 0.3 is 0 Å². The molecular formula is C23H29NO. The molecular weight excluding hydrogens is 306 g/mol. The number of carbonyl (C=O) groups excluding carboxylic acids is 1. The van der Waals surface area contributed by atoms with Crippen LogP contribution in [0.5, 0.6) is 0 Å². The van der Waals surface area contributed by atoms with E-state index < -0.39 is 0 Å². The van der Waals surface area contributed by atoms with Crippen LogP contribution in [-0.2, 0) is 16.8 Å². The number of carbonyl (C=O) groups is 1. The van der Waals surface area contributed by atoms with Crippen LogP contribution in [0.4, 0.5) is 0 Å². The van der Waals surface area contributed by atoms with Crippen molar-refractivity contribution in [1.82, 2.24) is 4.90 Å². The second-order valence-electron chi connectivity index (χ2n) is 7.68. The predicted octanol–water partition coefficient (Wildman–Crippen LogP) is 4.93. The lowest BCUT2D eigenvalue weighted by molar-refractivity contribution is -0.124. The minimum Gasteiger partial charge on any atom is -0.299 e. The lowest BCUT2D eigenvalue weighted by atomic mass is 9.69. The Balaban J connectivity index is 1.77. The molecule has 0 atom stereocenters. The Morgan fingerprint density at radius 3 is 2.32 bits per heavy atom. The van der Waals surface area contributed by atoms with Crippen LogP contribution in [0.15, 0.2) is 54.6 Å². The Morgan fingerprint density at radius 2 is 1.72 bits per heavy atom. The van der Waals surface area contributed by atoms with E-state index in [2.05, 4.69) is 73.3 Å². The molecule has 0 aliphatic carbocycles. The maximum absolute atomic E-state index is 12.6. The lowest BCUT2D eigenvalue weighted by Crippen LogP contribution is -2.46. The van der Waals surface area contributed by atoms with E-state index in [1.54, 1.807) is 6.92 Å².